The lowest BCUT2D eigenvalue weighted by Gasteiger charge is -2.39. The van der Waals surface area contributed by atoms with E-state index >= 15 is 4.39 Å². The third kappa shape index (κ3) is 4.02. The minimum atomic E-state index is -0.155. The number of aromatic nitrogens is 3. The van der Waals surface area contributed by atoms with Gasteiger partial charge < -0.3 is 15.0 Å². The fraction of sp³-hybridized carbons (Fsp3) is 0.257. The third-order valence-corrected chi connectivity index (χ3v) is 9.19. The quantitative estimate of drug-likeness (QED) is 0.240. The molecule has 210 valence electrons. The fourth-order valence-corrected chi connectivity index (χ4v) is 6.67. The summed E-state index contributed by atoms with van der Waals surface area (Å²) in [6, 6.07) is 26.4. The zero-order valence-electron chi connectivity index (χ0n) is 23.6. The molecular formula is C35H32FN5O. The third-order valence-electron chi connectivity index (χ3n) is 9.19. The van der Waals surface area contributed by atoms with Gasteiger partial charge in [-0.1, -0.05) is 49.7 Å². The maximum atomic E-state index is 15.9. The van der Waals surface area contributed by atoms with Gasteiger partial charge in [-0.05, 0) is 66.3 Å². The first-order valence-corrected chi connectivity index (χ1v) is 14.8. The number of nitrogens with zero attached hydrogens (tertiary/aromatic N) is 4. The Hall–Kier alpha value is -4.49. The van der Waals surface area contributed by atoms with Crippen LogP contribution in [-0.2, 0) is 10.2 Å². The number of halogens is 1. The lowest BCUT2D eigenvalue weighted by molar-refractivity contribution is 0.122. The fourth-order valence-electron chi connectivity index (χ4n) is 6.67. The number of benzene rings is 3. The zero-order chi connectivity index (χ0) is 28.3. The van der Waals surface area contributed by atoms with Gasteiger partial charge in [0.05, 0.1) is 36.0 Å². The summed E-state index contributed by atoms with van der Waals surface area (Å²) in [4.78, 5) is 12.3. The Morgan fingerprint density at radius 1 is 0.905 bits per heavy atom. The number of morpholine rings is 1. The highest BCUT2D eigenvalue weighted by Gasteiger charge is 2.36. The number of pyridine rings is 1. The van der Waals surface area contributed by atoms with Crippen LogP contribution in [0.15, 0.2) is 85.1 Å². The van der Waals surface area contributed by atoms with Gasteiger partial charge in [0.15, 0.2) is 5.82 Å². The van der Waals surface area contributed by atoms with E-state index in [9.17, 15) is 0 Å². The van der Waals surface area contributed by atoms with Crippen LogP contribution in [0.4, 0.5) is 21.6 Å². The van der Waals surface area contributed by atoms with Crippen molar-refractivity contribution in [3.63, 3.8) is 0 Å². The van der Waals surface area contributed by atoms with Gasteiger partial charge in [0, 0.05) is 41.7 Å². The number of rotatable bonds is 4. The number of hydrogen-bond donors (Lipinski definition) is 1. The van der Waals surface area contributed by atoms with Gasteiger partial charge in [0.1, 0.15) is 11.6 Å². The van der Waals surface area contributed by atoms with E-state index in [-0.39, 0.29) is 11.2 Å². The van der Waals surface area contributed by atoms with Crippen molar-refractivity contribution in [3.8, 4) is 39.6 Å². The molecular weight excluding hydrogens is 525 g/mol. The van der Waals surface area contributed by atoms with E-state index in [1.165, 1.54) is 0 Å². The van der Waals surface area contributed by atoms with Gasteiger partial charge >= 0.3 is 0 Å². The molecule has 0 unspecified atom stereocenters. The molecule has 4 heterocycles. The topological polar surface area (TPSA) is 55.2 Å². The minimum absolute atomic E-state index is 0.0888. The van der Waals surface area contributed by atoms with E-state index in [0.717, 1.165) is 108 Å². The van der Waals surface area contributed by atoms with E-state index in [1.807, 2.05) is 36.4 Å². The van der Waals surface area contributed by atoms with Crippen LogP contribution in [0.5, 0.6) is 0 Å². The maximum absolute atomic E-state index is 15.9. The minimum Gasteiger partial charge on any atom is -0.378 e. The van der Waals surface area contributed by atoms with E-state index in [2.05, 4.69) is 58.1 Å². The van der Waals surface area contributed by atoms with Gasteiger partial charge in [0.25, 0.3) is 0 Å². The molecule has 8 rings (SSSR count). The summed E-state index contributed by atoms with van der Waals surface area (Å²) in [5, 5.41) is 3.51. The molecule has 0 radical (unpaired) electrons. The van der Waals surface area contributed by atoms with Crippen molar-refractivity contribution in [2.24, 2.45) is 0 Å². The summed E-state index contributed by atoms with van der Waals surface area (Å²) in [5.41, 5.74) is 8.08. The molecule has 1 N–H and O–H groups in total. The Labute approximate surface area is 244 Å². The second-order valence-electron chi connectivity index (χ2n) is 11.8. The average molecular weight is 558 g/mol. The van der Waals surface area contributed by atoms with Gasteiger partial charge in [-0.25, -0.2) is 14.4 Å². The van der Waals surface area contributed by atoms with E-state index in [0.29, 0.717) is 0 Å². The highest BCUT2D eigenvalue weighted by molar-refractivity contribution is 5.91. The Bertz CT molecular complexity index is 1800. The highest BCUT2D eigenvalue weighted by atomic mass is 19.1. The highest BCUT2D eigenvalue weighted by Crippen LogP contribution is 2.47. The lowest BCUT2D eigenvalue weighted by Crippen LogP contribution is -2.36. The van der Waals surface area contributed by atoms with Crippen LogP contribution >= 0.6 is 0 Å². The molecule has 0 amide bonds. The summed E-state index contributed by atoms with van der Waals surface area (Å²) in [6.45, 7) is 5.40. The van der Waals surface area contributed by atoms with Crippen LogP contribution in [0, 0.1) is 5.82 Å². The summed E-state index contributed by atoms with van der Waals surface area (Å²) < 4.78 is 23.6. The average Bonchev–Trinajstić information content (AvgIpc) is 3.35. The monoisotopic (exact) mass is 557 g/mol. The molecule has 2 aromatic heterocycles. The largest absolute Gasteiger partial charge is 0.378 e. The molecule has 0 bridgehead atoms. The molecule has 2 aliphatic heterocycles. The van der Waals surface area contributed by atoms with Gasteiger partial charge in [0.2, 0.25) is 0 Å². The SMILES string of the molecule is CC1(c2ccc(-c3c(-c4ccc(N5CCOCC5)cc4)nc4n3-c3cccnc3Nc3ccccc3-4)cc2F)CCC1. The normalized spacial score (nSPS) is 16.9. The number of anilines is 3. The van der Waals surface area contributed by atoms with E-state index < -0.39 is 0 Å². The molecule has 0 atom stereocenters. The maximum Gasteiger partial charge on any atom is 0.154 e. The van der Waals surface area contributed by atoms with Crippen LogP contribution in [0.25, 0.3) is 39.6 Å². The summed E-state index contributed by atoms with van der Waals surface area (Å²) >= 11 is 0. The molecule has 6 nitrogen and oxygen atoms in total. The molecule has 7 heteroatoms. The first-order valence-electron chi connectivity index (χ1n) is 14.8. The molecule has 0 spiro atoms. The van der Waals surface area contributed by atoms with Crippen LogP contribution in [0.2, 0.25) is 0 Å². The van der Waals surface area contributed by atoms with Crippen LogP contribution in [0.3, 0.4) is 0 Å². The predicted octanol–water partition coefficient (Wildman–Crippen LogP) is 7.74. The molecule has 1 aliphatic carbocycles. The first kappa shape index (κ1) is 25.2. The van der Waals surface area contributed by atoms with Crippen molar-refractivity contribution in [2.45, 2.75) is 31.6 Å². The van der Waals surface area contributed by atoms with Gasteiger partial charge in [-0.2, -0.15) is 0 Å². The number of imidazole rings is 1. The van der Waals surface area contributed by atoms with Gasteiger partial charge in [-0.3, -0.25) is 4.57 Å². The van der Waals surface area contributed by atoms with Crippen LogP contribution < -0.4 is 10.2 Å². The number of fused-ring (bicyclic) bond motifs is 5. The number of hydrogen-bond acceptors (Lipinski definition) is 5. The molecule has 3 aromatic carbocycles. The molecule has 2 fully saturated rings. The van der Waals surface area contributed by atoms with E-state index in [4.69, 9.17) is 14.7 Å². The van der Waals surface area contributed by atoms with Crippen molar-refractivity contribution in [1.82, 2.24) is 14.5 Å². The Morgan fingerprint density at radius 3 is 2.45 bits per heavy atom. The second kappa shape index (κ2) is 9.81. The summed E-state index contributed by atoms with van der Waals surface area (Å²) in [7, 11) is 0. The number of ether oxygens (including phenoxy) is 1. The second-order valence-corrected chi connectivity index (χ2v) is 11.8. The molecule has 1 saturated heterocycles. The van der Waals surface area contributed by atoms with Crippen molar-refractivity contribution in [3.05, 3.63) is 96.4 Å². The Kier molecular flexibility index (Phi) is 5.89. The van der Waals surface area contributed by atoms with Crippen molar-refractivity contribution < 1.29 is 9.13 Å². The molecule has 3 aliphatic rings. The Morgan fingerprint density at radius 2 is 1.69 bits per heavy atom. The molecule has 1 saturated carbocycles. The predicted molar refractivity (Wildman–Crippen MR) is 165 cm³/mol. The smallest absolute Gasteiger partial charge is 0.154 e. The van der Waals surface area contributed by atoms with E-state index in [1.54, 1.807) is 12.3 Å². The van der Waals surface area contributed by atoms with Crippen molar-refractivity contribution in [1.29, 1.82) is 0 Å². The lowest BCUT2D eigenvalue weighted by atomic mass is 9.66. The standard InChI is InChI=1S/C35H32FN5O/c1-35(15-5-16-35)27-14-11-24(22-28(27)36)32-31(23-9-12-25(13-10-23)40-18-20-42-21-19-40)39-34-26-6-2-3-7-29(26)38-33-30(41(32)34)8-4-17-37-33/h2-4,6-14,17,22H,5,15-16,18-21H2,1H3,(H,37,38). The van der Waals surface area contributed by atoms with Crippen molar-refractivity contribution >= 4 is 17.2 Å². The number of nitrogens with one attached hydrogen (secondary N) is 1. The summed E-state index contributed by atoms with van der Waals surface area (Å²) in [5.74, 6) is 1.37. The van der Waals surface area contributed by atoms with Crippen molar-refractivity contribution in [2.75, 3.05) is 36.5 Å². The molecule has 42 heavy (non-hydrogen) atoms. The molecule has 5 aromatic rings. The van der Waals surface area contributed by atoms with Crippen LogP contribution in [0.1, 0.15) is 31.7 Å². The first-order chi connectivity index (χ1) is 20.6. The van der Waals surface area contributed by atoms with Gasteiger partial charge in [-0.15, -0.1) is 0 Å². The van der Waals surface area contributed by atoms with Crippen LogP contribution in [-0.4, -0.2) is 40.8 Å². The zero-order valence-corrected chi connectivity index (χ0v) is 23.6. The summed E-state index contributed by atoms with van der Waals surface area (Å²) in [6.07, 6.45) is 4.98. The Balaban J connectivity index is 1.36. The number of para-hydroxylation sites is 1.